The van der Waals surface area contributed by atoms with Gasteiger partial charge in [0, 0.05) is 17.7 Å². The van der Waals surface area contributed by atoms with Crippen molar-refractivity contribution in [3.63, 3.8) is 0 Å². The second kappa shape index (κ2) is 16.8. The van der Waals surface area contributed by atoms with Gasteiger partial charge in [-0.15, -0.1) is 0 Å². The number of esters is 1. The van der Waals surface area contributed by atoms with Crippen LogP contribution in [0.1, 0.15) is 109 Å². The molecule has 0 fully saturated rings. The predicted octanol–water partition coefficient (Wildman–Crippen LogP) is 7.42. The molecule has 2 N–H and O–H groups in total. The topological polar surface area (TPSA) is 111 Å². The molecule has 2 unspecified atom stereocenters. The van der Waals surface area contributed by atoms with E-state index in [4.69, 9.17) is 19.3 Å². The maximum Gasteiger partial charge on any atom is 0.306 e. The number of methoxy groups -OCH3 is 2. The van der Waals surface area contributed by atoms with Crippen LogP contribution in [0.25, 0.3) is 0 Å². The average Bonchev–Trinajstić information content (AvgIpc) is 2.93. The summed E-state index contributed by atoms with van der Waals surface area (Å²) >= 11 is 0. The van der Waals surface area contributed by atoms with Gasteiger partial charge < -0.3 is 24.6 Å². The molecule has 0 radical (unpaired) electrons. The molecule has 0 aliphatic carbocycles. The number of carbonyl (C=O) groups excluding carboxylic acids is 2. The molecule has 0 saturated heterocycles. The Hall–Kier alpha value is -3.55. The zero-order valence-corrected chi connectivity index (χ0v) is 26.4. The zero-order chi connectivity index (χ0) is 31.3. The van der Waals surface area contributed by atoms with E-state index in [1.807, 2.05) is 30.3 Å². The van der Waals surface area contributed by atoms with Gasteiger partial charge in [0.25, 0.3) is 0 Å². The quantitative estimate of drug-likeness (QED) is 0.147. The highest BCUT2D eigenvalue weighted by atomic mass is 16.5. The maximum absolute atomic E-state index is 13.6. The number of carbonyl (C=O) groups is 3. The number of para-hydroxylation sites is 1. The number of aryl methyl sites for hydroxylation is 1. The highest BCUT2D eigenvalue weighted by Crippen LogP contribution is 2.39. The highest BCUT2D eigenvalue weighted by Gasteiger charge is 2.24. The number of benzene rings is 2. The predicted molar refractivity (Wildman–Crippen MR) is 166 cm³/mol. The van der Waals surface area contributed by atoms with Crippen molar-refractivity contribution < 1.29 is 33.7 Å². The molecule has 42 heavy (non-hydrogen) atoms. The normalized spacial score (nSPS) is 12.7. The second-order valence-electron chi connectivity index (χ2n) is 11.9. The van der Waals surface area contributed by atoms with Crippen molar-refractivity contribution in [2.45, 2.75) is 110 Å². The van der Waals surface area contributed by atoms with E-state index in [1.165, 1.54) is 0 Å². The van der Waals surface area contributed by atoms with E-state index in [9.17, 15) is 14.4 Å². The third-order valence-corrected chi connectivity index (χ3v) is 7.34. The van der Waals surface area contributed by atoms with Crippen LogP contribution >= 0.6 is 0 Å². The number of aliphatic carboxylic acids is 1. The number of carboxylic acids is 1. The van der Waals surface area contributed by atoms with Crippen molar-refractivity contribution in [3.8, 4) is 11.5 Å². The molecule has 0 saturated carbocycles. The maximum atomic E-state index is 13.6. The molecule has 0 aliphatic heterocycles. The summed E-state index contributed by atoms with van der Waals surface area (Å²) in [4.78, 5) is 36.2. The van der Waals surface area contributed by atoms with E-state index in [0.717, 1.165) is 48.1 Å². The van der Waals surface area contributed by atoms with Crippen LogP contribution in [0.4, 0.5) is 5.69 Å². The van der Waals surface area contributed by atoms with Crippen LogP contribution in [0, 0.1) is 0 Å². The minimum absolute atomic E-state index is 0.0282. The van der Waals surface area contributed by atoms with Gasteiger partial charge in [0.15, 0.2) is 11.5 Å². The summed E-state index contributed by atoms with van der Waals surface area (Å²) in [6, 6.07) is 11.9. The molecule has 2 atom stereocenters. The Morgan fingerprint density at radius 2 is 1.71 bits per heavy atom. The average molecular weight is 584 g/mol. The van der Waals surface area contributed by atoms with Crippen molar-refractivity contribution in [1.29, 1.82) is 0 Å². The fourth-order valence-corrected chi connectivity index (χ4v) is 5.09. The Balaban J connectivity index is 2.22. The first kappa shape index (κ1) is 34.7. The first-order valence-electron chi connectivity index (χ1n) is 14.9. The second-order valence-corrected chi connectivity index (χ2v) is 11.9. The SMILES string of the molecule is CCCCCC(CC(=O)Nc1cc(CCC(C)OC(=O)CCC(=O)O)ccc1C(C)(C)C)c1cccc(OC)c1OC. The molecule has 2 aromatic carbocycles. The van der Waals surface area contributed by atoms with Crippen LogP contribution in [-0.4, -0.2) is 43.3 Å². The summed E-state index contributed by atoms with van der Waals surface area (Å²) in [6.07, 6.45) is 4.85. The first-order chi connectivity index (χ1) is 19.9. The molecule has 0 bridgehead atoms. The molecule has 8 heteroatoms. The zero-order valence-electron chi connectivity index (χ0n) is 26.4. The molecule has 2 aromatic rings. The van der Waals surface area contributed by atoms with Crippen LogP contribution < -0.4 is 14.8 Å². The summed E-state index contributed by atoms with van der Waals surface area (Å²) in [5.74, 6) is -0.306. The summed E-state index contributed by atoms with van der Waals surface area (Å²) < 4.78 is 16.6. The Bertz CT molecular complexity index is 1180. The molecule has 232 valence electrons. The Morgan fingerprint density at radius 1 is 0.976 bits per heavy atom. The fraction of sp³-hybridized carbons (Fsp3) is 0.559. The van der Waals surface area contributed by atoms with Gasteiger partial charge in [-0.3, -0.25) is 14.4 Å². The van der Waals surface area contributed by atoms with Crippen molar-refractivity contribution in [1.82, 2.24) is 0 Å². The lowest BCUT2D eigenvalue weighted by Crippen LogP contribution is -2.21. The minimum Gasteiger partial charge on any atom is -0.493 e. The lowest BCUT2D eigenvalue weighted by Gasteiger charge is -2.25. The molecule has 1 amide bonds. The number of ether oxygens (including phenoxy) is 3. The molecule has 8 nitrogen and oxygen atoms in total. The Labute approximate surface area is 251 Å². The van der Waals surface area contributed by atoms with E-state index in [2.05, 4.69) is 39.1 Å². The minimum atomic E-state index is -1.02. The molecule has 0 aliphatic rings. The van der Waals surface area contributed by atoms with Gasteiger partial charge in [0.2, 0.25) is 5.91 Å². The van der Waals surface area contributed by atoms with Crippen molar-refractivity contribution in [3.05, 3.63) is 53.1 Å². The number of amides is 1. The van der Waals surface area contributed by atoms with Gasteiger partial charge >= 0.3 is 11.9 Å². The van der Waals surface area contributed by atoms with E-state index in [1.54, 1.807) is 21.1 Å². The molecule has 0 aromatic heterocycles. The van der Waals surface area contributed by atoms with Gasteiger partial charge in [0.05, 0.1) is 33.2 Å². The van der Waals surface area contributed by atoms with Gasteiger partial charge in [-0.25, -0.2) is 0 Å². The molecule has 2 rings (SSSR count). The standard InChI is InChI=1S/C34H49NO7/c1-8-9-10-12-25(26-13-11-14-29(40-6)33(26)41-7)22-30(36)35-28-21-24(17-18-27(28)34(3,4)5)16-15-23(2)42-32(39)20-19-31(37)38/h11,13-14,17-18,21,23,25H,8-10,12,15-16,19-20,22H2,1-7H3,(H,35,36)(H,37,38). The van der Waals surface area contributed by atoms with Crippen molar-refractivity contribution in [2.24, 2.45) is 0 Å². The van der Waals surface area contributed by atoms with Crippen molar-refractivity contribution >= 4 is 23.5 Å². The third kappa shape index (κ3) is 11.0. The fourth-order valence-electron chi connectivity index (χ4n) is 5.09. The van der Waals surface area contributed by atoms with Crippen LogP contribution in [0.3, 0.4) is 0 Å². The molecule has 0 heterocycles. The number of nitrogens with one attached hydrogen (secondary N) is 1. The van der Waals surface area contributed by atoms with Crippen LogP contribution in [0.2, 0.25) is 0 Å². The number of rotatable bonds is 17. The summed E-state index contributed by atoms with van der Waals surface area (Å²) in [5.41, 5.74) is 3.61. The van der Waals surface area contributed by atoms with Crippen LogP contribution in [-0.2, 0) is 31.0 Å². The van der Waals surface area contributed by atoms with Gasteiger partial charge in [-0.1, -0.05) is 71.2 Å². The van der Waals surface area contributed by atoms with Crippen LogP contribution in [0.5, 0.6) is 11.5 Å². The first-order valence-corrected chi connectivity index (χ1v) is 14.9. The Morgan fingerprint density at radius 3 is 2.33 bits per heavy atom. The number of carboxylic acid groups (broad SMARTS) is 1. The molecular weight excluding hydrogens is 534 g/mol. The number of anilines is 1. The lowest BCUT2D eigenvalue weighted by molar-refractivity contribution is -0.151. The monoisotopic (exact) mass is 583 g/mol. The van der Waals surface area contributed by atoms with E-state index < -0.39 is 11.9 Å². The smallest absolute Gasteiger partial charge is 0.306 e. The third-order valence-electron chi connectivity index (χ3n) is 7.34. The number of unbranched alkanes of at least 4 members (excludes halogenated alkanes) is 2. The van der Waals surface area contributed by atoms with Gasteiger partial charge in [-0.2, -0.15) is 0 Å². The summed E-state index contributed by atoms with van der Waals surface area (Å²) in [7, 11) is 3.25. The largest absolute Gasteiger partial charge is 0.493 e. The van der Waals surface area contributed by atoms with Crippen LogP contribution in [0.15, 0.2) is 36.4 Å². The van der Waals surface area contributed by atoms with Crippen molar-refractivity contribution in [2.75, 3.05) is 19.5 Å². The van der Waals surface area contributed by atoms with E-state index >= 15 is 0 Å². The highest BCUT2D eigenvalue weighted by molar-refractivity contribution is 5.92. The van der Waals surface area contributed by atoms with E-state index in [-0.39, 0.29) is 36.2 Å². The summed E-state index contributed by atoms with van der Waals surface area (Å²) in [6.45, 7) is 10.3. The lowest BCUT2D eigenvalue weighted by atomic mass is 9.84. The number of hydrogen-bond donors (Lipinski definition) is 2. The number of hydrogen-bond acceptors (Lipinski definition) is 6. The molecular formula is C34H49NO7. The van der Waals surface area contributed by atoms with Gasteiger partial charge in [0.1, 0.15) is 0 Å². The molecule has 0 spiro atoms. The Kier molecular flexibility index (Phi) is 13.8. The van der Waals surface area contributed by atoms with Gasteiger partial charge in [-0.05, 0) is 60.8 Å². The van der Waals surface area contributed by atoms with E-state index in [0.29, 0.717) is 30.8 Å². The summed E-state index contributed by atoms with van der Waals surface area (Å²) in [5, 5.41) is 12.0.